The van der Waals surface area contributed by atoms with Crippen molar-refractivity contribution < 1.29 is 4.79 Å². The van der Waals surface area contributed by atoms with Gasteiger partial charge in [0.2, 0.25) is 0 Å². The van der Waals surface area contributed by atoms with Crippen molar-refractivity contribution in [3.05, 3.63) is 53.6 Å². The van der Waals surface area contributed by atoms with Crippen LogP contribution in [0.5, 0.6) is 0 Å². The van der Waals surface area contributed by atoms with Gasteiger partial charge < -0.3 is 4.90 Å². The zero-order valence-corrected chi connectivity index (χ0v) is 13.4. The third-order valence-electron chi connectivity index (χ3n) is 4.15. The molecule has 2 aromatic heterocycles. The first-order valence-electron chi connectivity index (χ1n) is 7.72. The van der Waals surface area contributed by atoms with Crippen LogP contribution < -0.4 is 0 Å². The molecule has 0 N–H and O–H groups in total. The van der Waals surface area contributed by atoms with Crippen LogP contribution in [0.3, 0.4) is 0 Å². The predicted molar refractivity (Wildman–Crippen MR) is 89.5 cm³/mol. The Morgan fingerprint density at radius 3 is 3.00 bits per heavy atom. The SMILES string of the molecule is O=C(c1cnccn1)N1CCCC(c2nc3ccccc3s2)C1. The minimum atomic E-state index is -0.0380. The summed E-state index contributed by atoms with van der Waals surface area (Å²) in [6.07, 6.45) is 6.74. The Hall–Kier alpha value is -2.34. The summed E-state index contributed by atoms with van der Waals surface area (Å²) in [6, 6.07) is 8.19. The molecule has 1 aromatic carbocycles. The van der Waals surface area contributed by atoms with Crippen molar-refractivity contribution in [1.29, 1.82) is 0 Å². The number of benzene rings is 1. The van der Waals surface area contributed by atoms with Crippen LogP contribution in [-0.4, -0.2) is 38.8 Å². The molecule has 23 heavy (non-hydrogen) atoms. The lowest BCUT2D eigenvalue weighted by Crippen LogP contribution is -2.39. The largest absolute Gasteiger partial charge is 0.337 e. The second-order valence-corrected chi connectivity index (χ2v) is 6.76. The van der Waals surface area contributed by atoms with Crippen LogP contribution >= 0.6 is 11.3 Å². The molecule has 1 aliphatic rings. The second kappa shape index (κ2) is 6.04. The highest BCUT2D eigenvalue weighted by molar-refractivity contribution is 7.18. The maximum atomic E-state index is 12.6. The molecular formula is C17H16N4OS. The van der Waals surface area contributed by atoms with E-state index in [0.717, 1.165) is 29.9 Å². The van der Waals surface area contributed by atoms with Crippen LogP contribution in [0.4, 0.5) is 0 Å². The molecule has 1 saturated heterocycles. The highest BCUT2D eigenvalue weighted by atomic mass is 32.1. The van der Waals surface area contributed by atoms with Crippen molar-refractivity contribution in [1.82, 2.24) is 19.9 Å². The highest BCUT2D eigenvalue weighted by Crippen LogP contribution is 2.33. The van der Waals surface area contributed by atoms with Crippen molar-refractivity contribution >= 4 is 27.5 Å². The van der Waals surface area contributed by atoms with Gasteiger partial charge in [-0.3, -0.25) is 9.78 Å². The molecule has 1 aliphatic heterocycles. The van der Waals surface area contributed by atoms with E-state index in [1.165, 1.54) is 10.9 Å². The number of para-hydroxylation sites is 1. The smallest absolute Gasteiger partial charge is 0.274 e. The van der Waals surface area contributed by atoms with Gasteiger partial charge in [-0.1, -0.05) is 12.1 Å². The monoisotopic (exact) mass is 324 g/mol. The van der Waals surface area contributed by atoms with Crippen LogP contribution in [0.1, 0.15) is 34.3 Å². The number of nitrogens with zero attached hydrogens (tertiary/aromatic N) is 4. The lowest BCUT2D eigenvalue weighted by molar-refractivity contribution is 0.0700. The fourth-order valence-corrected chi connectivity index (χ4v) is 4.09. The number of hydrogen-bond donors (Lipinski definition) is 0. The maximum Gasteiger partial charge on any atom is 0.274 e. The number of amides is 1. The van der Waals surface area contributed by atoms with E-state index in [2.05, 4.69) is 16.0 Å². The number of carbonyl (C=O) groups is 1. The third kappa shape index (κ3) is 2.82. The molecule has 1 unspecified atom stereocenters. The lowest BCUT2D eigenvalue weighted by atomic mass is 9.98. The second-order valence-electron chi connectivity index (χ2n) is 5.70. The summed E-state index contributed by atoms with van der Waals surface area (Å²) >= 11 is 1.74. The minimum Gasteiger partial charge on any atom is -0.337 e. The normalized spacial score (nSPS) is 18.3. The van der Waals surface area contributed by atoms with E-state index < -0.39 is 0 Å². The molecule has 4 rings (SSSR count). The predicted octanol–water partition coefficient (Wildman–Crippen LogP) is 3.11. The summed E-state index contributed by atoms with van der Waals surface area (Å²) in [5, 5.41) is 1.13. The van der Waals surface area contributed by atoms with E-state index in [1.54, 1.807) is 23.7 Å². The number of rotatable bonds is 2. The molecule has 0 saturated carbocycles. The van der Waals surface area contributed by atoms with Crippen LogP contribution in [0.25, 0.3) is 10.2 Å². The van der Waals surface area contributed by atoms with Crippen molar-refractivity contribution in [2.75, 3.05) is 13.1 Å². The van der Waals surface area contributed by atoms with Crippen LogP contribution in [0.15, 0.2) is 42.9 Å². The van der Waals surface area contributed by atoms with Gasteiger partial charge in [0.15, 0.2) is 0 Å². The quantitative estimate of drug-likeness (QED) is 0.727. The highest BCUT2D eigenvalue weighted by Gasteiger charge is 2.28. The number of carbonyl (C=O) groups excluding carboxylic acids is 1. The van der Waals surface area contributed by atoms with Gasteiger partial charge in [0.05, 0.1) is 21.4 Å². The van der Waals surface area contributed by atoms with E-state index in [-0.39, 0.29) is 5.91 Å². The number of fused-ring (bicyclic) bond motifs is 1. The van der Waals surface area contributed by atoms with Gasteiger partial charge in [-0.15, -0.1) is 11.3 Å². The van der Waals surface area contributed by atoms with E-state index >= 15 is 0 Å². The molecule has 1 amide bonds. The number of piperidine rings is 1. The number of thiazole rings is 1. The Morgan fingerprint density at radius 1 is 1.26 bits per heavy atom. The van der Waals surface area contributed by atoms with E-state index in [4.69, 9.17) is 4.98 Å². The maximum absolute atomic E-state index is 12.6. The Morgan fingerprint density at radius 2 is 2.17 bits per heavy atom. The minimum absolute atomic E-state index is 0.0380. The van der Waals surface area contributed by atoms with Crippen molar-refractivity contribution in [2.45, 2.75) is 18.8 Å². The molecule has 3 heterocycles. The van der Waals surface area contributed by atoms with Gasteiger partial charge in [0.25, 0.3) is 5.91 Å². The first-order chi connectivity index (χ1) is 11.3. The van der Waals surface area contributed by atoms with Gasteiger partial charge in [-0.2, -0.15) is 0 Å². The molecule has 1 fully saturated rings. The van der Waals surface area contributed by atoms with E-state index in [9.17, 15) is 4.79 Å². The van der Waals surface area contributed by atoms with Gasteiger partial charge in [0, 0.05) is 31.4 Å². The average Bonchev–Trinajstić information content (AvgIpc) is 3.06. The van der Waals surface area contributed by atoms with Crippen molar-refractivity contribution in [3.8, 4) is 0 Å². The Kier molecular flexibility index (Phi) is 3.75. The van der Waals surface area contributed by atoms with Gasteiger partial charge >= 0.3 is 0 Å². The molecule has 0 aliphatic carbocycles. The third-order valence-corrected chi connectivity index (χ3v) is 5.35. The topological polar surface area (TPSA) is 59.0 Å². The van der Waals surface area contributed by atoms with Crippen LogP contribution in [0, 0.1) is 0 Å². The van der Waals surface area contributed by atoms with Crippen molar-refractivity contribution in [3.63, 3.8) is 0 Å². The summed E-state index contributed by atoms with van der Waals surface area (Å²) in [6.45, 7) is 1.48. The van der Waals surface area contributed by atoms with Crippen LogP contribution in [0.2, 0.25) is 0 Å². The van der Waals surface area contributed by atoms with E-state index in [0.29, 0.717) is 18.2 Å². The zero-order valence-electron chi connectivity index (χ0n) is 12.6. The molecule has 6 heteroatoms. The lowest BCUT2D eigenvalue weighted by Gasteiger charge is -2.31. The summed E-state index contributed by atoms with van der Waals surface area (Å²) in [4.78, 5) is 27.3. The molecule has 116 valence electrons. The number of likely N-dealkylation sites (tertiary alicyclic amines) is 1. The van der Waals surface area contributed by atoms with Crippen LogP contribution in [-0.2, 0) is 0 Å². The summed E-state index contributed by atoms with van der Waals surface area (Å²) in [5.41, 5.74) is 1.46. The Labute approximate surface area is 138 Å². The summed E-state index contributed by atoms with van der Waals surface area (Å²) in [7, 11) is 0. The fourth-order valence-electron chi connectivity index (χ4n) is 3.00. The number of aromatic nitrogens is 3. The van der Waals surface area contributed by atoms with Crippen molar-refractivity contribution in [2.24, 2.45) is 0 Å². The molecule has 1 atom stereocenters. The average molecular weight is 324 g/mol. The molecule has 0 bridgehead atoms. The van der Waals surface area contributed by atoms with Gasteiger partial charge in [-0.05, 0) is 25.0 Å². The molecular weight excluding hydrogens is 308 g/mol. The molecule has 0 spiro atoms. The van der Waals surface area contributed by atoms with Gasteiger partial charge in [0.1, 0.15) is 5.69 Å². The zero-order chi connectivity index (χ0) is 15.6. The first kappa shape index (κ1) is 14.3. The molecule has 3 aromatic rings. The van der Waals surface area contributed by atoms with Gasteiger partial charge in [-0.25, -0.2) is 9.97 Å². The first-order valence-corrected chi connectivity index (χ1v) is 8.53. The number of hydrogen-bond acceptors (Lipinski definition) is 5. The Bertz CT molecular complexity index is 800. The summed E-state index contributed by atoms with van der Waals surface area (Å²) in [5.74, 6) is 0.269. The summed E-state index contributed by atoms with van der Waals surface area (Å²) < 4.78 is 1.21. The van der Waals surface area contributed by atoms with E-state index in [1.807, 2.05) is 23.1 Å². The fraction of sp³-hybridized carbons (Fsp3) is 0.294. The standard InChI is InChI=1S/C17H16N4OS/c22-17(14-10-18-7-8-19-14)21-9-3-4-12(11-21)16-20-13-5-1-2-6-15(13)23-16/h1-2,5-8,10,12H,3-4,9,11H2. The molecule has 5 nitrogen and oxygen atoms in total. The Balaban J connectivity index is 1.56. The molecule has 0 radical (unpaired) electrons.